The van der Waals surface area contributed by atoms with Gasteiger partial charge in [-0.3, -0.25) is 0 Å². The normalized spacial score (nSPS) is 15.6. The average molecular weight is 728 g/mol. The second-order valence-electron chi connectivity index (χ2n) is 17.1. The SMILES string of the molecule is CCCCCCCCCCCCCCCC[N+]1(C(=O)CCCCCCCCCCCCCC)C=CN=C1CCCCCCCCCCCCCCC. The summed E-state index contributed by atoms with van der Waals surface area (Å²) >= 11 is 0. The van der Waals surface area contributed by atoms with Crippen LogP contribution in [0, 0.1) is 0 Å². The molecule has 0 aliphatic carbocycles. The fourth-order valence-electron chi connectivity index (χ4n) is 8.42. The van der Waals surface area contributed by atoms with Crippen LogP contribution in [0.4, 0.5) is 0 Å². The number of unbranched alkanes of at least 4 members (excludes halogenated alkanes) is 36. The zero-order valence-electron chi connectivity index (χ0n) is 36.2. The Morgan fingerprint density at radius 2 is 0.692 bits per heavy atom. The minimum atomic E-state index is 0.420. The first-order valence-electron chi connectivity index (χ1n) is 24.4. The molecule has 0 aromatic carbocycles. The first-order chi connectivity index (χ1) is 25.7. The minimum absolute atomic E-state index is 0.420. The van der Waals surface area contributed by atoms with Gasteiger partial charge in [-0.25, -0.2) is 9.79 Å². The zero-order valence-corrected chi connectivity index (χ0v) is 36.2. The van der Waals surface area contributed by atoms with E-state index in [1.54, 1.807) is 0 Å². The lowest BCUT2D eigenvalue weighted by Crippen LogP contribution is -2.52. The predicted octanol–water partition coefficient (Wildman–Crippen LogP) is 17.3. The number of carbonyl (C=O) groups excluding carboxylic acids is 1. The molecule has 1 unspecified atom stereocenters. The van der Waals surface area contributed by atoms with Gasteiger partial charge in [0.2, 0.25) is 5.84 Å². The number of hydrogen-bond acceptors (Lipinski definition) is 2. The molecule has 306 valence electrons. The summed E-state index contributed by atoms with van der Waals surface area (Å²) in [6.45, 7) is 7.83. The molecule has 0 aromatic rings. The fourth-order valence-corrected chi connectivity index (χ4v) is 8.42. The lowest BCUT2D eigenvalue weighted by atomic mass is 10.0. The van der Waals surface area contributed by atoms with Crippen molar-refractivity contribution in [3.05, 3.63) is 12.4 Å². The highest BCUT2D eigenvalue weighted by Gasteiger charge is 2.41. The molecule has 1 amide bonds. The Balaban J connectivity index is 2.36. The Kier molecular flexibility index (Phi) is 36.2. The van der Waals surface area contributed by atoms with E-state index in [0.29, 0.717) is 10.4 Å². The summed E-state index contributed by atoms with van der Waals surface area (Å²) in [5.74, 6) is 1.57. The van der Waals surface area contributed by atoms with Crippen molar-refractivity contribution < 1.29 is 9.28 Å². The molecule has 0 fully saturated rings. The summed E-state index contributed by atoms with van der Waals surface area (Å²) < 4.78 is 0.453. The fraction of sp³-hybridized carbons (Fsp3) is 0.918. The van der Waals surface area contributed by atoms with Crippen LogP contribution >= 0.6 is 0 Å². The van der Waals surface area contributed by atoms with Gasteiger partial charge >= 0.3 is 5.91 Å². The summed E-state index contributed by atoms with van der Waals surface area (Å²) in [7, 11) is 0. The van der Waals surface area contributed by atoms with Crippen molar-refractivity contribution in [3.63, 3.8) is 0 Å². The molecule has 0 saturated carbocycles. The molecule has 3 heteroatoms. The Morgan fingerprint density at radius 3 is 1.04 bits per heavy atom. The Morgan fingerprint density at radius 1 is 0.404 bits per heavy atom. The zero-order chi connectivity index (χ0) is 37.5. The molecule has 0 saturated heterocycles. The molecule has 3 nitrogen and oxygen atoms in total. The van der Waals surface area contributed by atoms with Gasteiger partial charge in [0, 0.05) is 6.42 Å². The van der Waals surface area contributed by atoms with E-state index in [1.807, 2.05) is 6.20 Å². The number of carbonyl (C=O) groups is 1. The van der Waals surface area contributed by atoms with Gasteiger partial charge in [0.05, 0.1) is 19.2 Å². The molecule has 1 rings (SSSR count). The van der Waals surface area contributed by atoms with Crippen molar-refractivity contribution in [1.82, 2.24) is 0 Å². The quantitative estimate of drug-likeness (QED) is 0.0455. The van der Waals surface area contributed by atoms with Gasteiger partial charge in [0.1, 0.15) is 6.20 Å². The van der Waals surface area contributed by atoms with Gasteiger partial charge in [0.25, 0.3) is 0 Å². The molecular weight excluding hydrogens is 633 g/mol. The molecule has 1 heterocycles. The van der Waals surface area contributed by atoms with E-state index in [-0.39, 0.29) is 0 Å². The van der Waals surface area contributed by atoms with Crippen molar-refractivity contribution in [2.75, 3.05) is 6.54 Å². The molecule has 0 bridgehead atoms. The second-order valence-corrected chi connectivity index (χ2v) is 17.1. The van der Waals surface area contributed by atoms with Crippen LogP contribution in [-0.4, -0.2) is 22.8 Å². The van der Waals surface area contributed by atoms with Crippen molar-refractivity contribution in [3.8, 4) is 0 Å². The highest BCUT2D eigenvalue weighted by atomic mass is 16.2. The van der Waals surface area contributed by atoms with Gasteiger partial charge in [0.15, 0.2) is 0 Å². The van der Waals surface area contributed by atoms with Gasteiger partial charge < -0.3 is 0 Å². The second kappa shape index (κ2) is 38.3. The smallest absolute Gasteiger partial charge is 0.230 e. The Hall–Kier alpha value is -0.960. The van der Waals surface area contributed by atoms with Crippen LogP contribution in [0.15, 0.2) is 17.4 Å². The standard InChI is InChI=1S/C49H95N2O/c1-4-7-10-13-16-19-22-25-27-30-33-36-39-42-46-51(49(52)44-41-38-35-32-29-24-21-18-15-12-9-6-3)47-45-50-48(51)43-40-37-34-31-28-26-23-20-17-14-11-8-5-2/h45,47H,4-44,46H2,1-3H3/q+1. The maximum Gasteiger partial charge on any atom is 0.324 e. The number of hydrogen-bond donors (Lipinski definition) is 0. The first kappa shape index (κ1) is 49.1. The van der Waals surface area contributed by atoms with Gasteiger partial charge in [-0.1, -0.05) is 245 Å². The van der Waals surface area contributed by atoms with E-state index in [0.717, 1.165) is 38.1 Å². The van der Waals surface area contributed by atoms with Crippen LogP contribution in [0.5, 0.6) is 0 Å². The summed E-state index contributed by atoms with van der Waals surface area (Å²) in [5.41, 5.74) is 0. The van der Waals surface area contributed by atoms with E-state index < -0.39 is 0 Å². The van der Waals surface area contributed by atoms with Crippen LogP contribution in [0.2, 0.25) is 0 Å². The molecule has 0 aromatic heterocycles. The summed E-state index contributed by atoms with van der Waals surface area (Å²) in [6.07, 6.45) is 59.1. The highest BCUT2D eigenvalue weighted by Crippen LogP contribution is 2.27. The first-order valence-corrected chi connectivity index (χ1v) is 24.4. The van der Waals surface area contributed by atoms with Crippen LogP contribution in [0.25, 0.3) is 0 Å². The van der Waals surface area contributed by atoms with E-state index in [4.69, 9.17) is 4.99 Å². The third-order valence-corrected chi connectivity index (χ3v) is 12.1. The van der Waals surface area contributed by atoms with E-state index in [1.165, 1.54) is 238 Å². The number of rotatable bonds is 42. The molecule has 52 heavy (non-hydrogen) atoms. The van der Waals surface area contributed by atoms with Crippen LogP contribution in [-0.2, 0) is 4.79 Å². The number of amidine groups is 1. The summed E-state index contributed by atoms with van der Waals surface area (Å²) in [5, 5.41) is 0. The molecule has 0 radical (unpaired) electrons. The third kappa shape index (κ3) is 27.6. The largest absolute Gasteiger partial charge is 0.324 e. The van der Waals surface area contributed by atoms with Crippen LogP contribution in [0.3, 0.4) is 0 Å². The van der Waals surface area contributed by atoms with Crippen molar-refractivity contribution in [1.29, 1.82) is 0 Å². The molecule has 0 N–H and O–H groups in total. The maximum absolute atomic E-state index is 14.0. The van der Waals surface area contributed by atoms with Crippen LogP contribution in [0.1, 0.15) is 284 Å². The summed E-state index contributed by atoms with van der Waals surface area (Å²) in [4.78, 5) is 18.9. The molecule has 1 atom stereocenters. The lowest BCUT2D eigenvalue weighted by Gasteiger charge is -2.30. The van der Waals surface area contributed by atoms with Gasteiger partial charge in [-0.2, -0.15) is 4.48 Å². The summed E-state index contributed by atoms with van der Waals surface area (Å²) in [6, 6.07) is 0. The van der Waals surface area contributed by atoms with Crippen molar-refractivity contribution in [2.45, 2.75) is 284 Å². The molecule has 1 aliphatic rings. The molecule has 0 spiro atoms. The lowest BCUT2D eigenvalue weighted by molar-refractivity contribution is -0.708. The Labute approximate surface area is 328 Å². The number of nitrogens with zero attached hydrogens (tertiary/aromatic N) is 2. The van der Waals surface area contributed by atoms with E-state index in [2.05, 4.69) is 27.0 Å². The minimum Gasteiger partial charge on any atom is -0.230 e. The molecule has 1 aliphatic heterocycles. The monoisotopic (exact) mass is 728 g/mol. The topological polar surface area (TPSA) is 29.4 Å². The van der Waals surface area contributed by atoms with Crippen LogP contribution < -0.4 is 0 Å². The highest BCUT2D eigenvalue weighted by molar-refractivity contribution is 5.90. The van der Waals surface area contributed by atoms with E-state index in [9.17, 15) is 4.79 Å². The maximum atomic E-state index is 14.0. The predicted molar refractivity (Wildman–Crippen MR) is 233 cm³/mol. The number of quaternary nitrogens is 1. The average Bonchev–Trinajstić information content (AvgIpc) is 3.57. The third-order valence-electron chi connectivity index (χ3n) is 12.1. The number of aliphatic imine (C=N–C) groups is 1. The van der Waals surface area contributed by atoms with E-state index >= 15 is 0 Å². The van der Waals surface area contributed by atoms with Crippen molar-refractivity contribution >= 4 is 11.7 Å². The van der Waals surface area contributed by atoms with Crippen molar-refractivity contribution in [2.24, 2.45) is 4.99 Å². The Bertz CT molecular complexity index is 818. The number of amides is 1. The molecular formula is C49H95N2O+. The van der Waals surface area contributed by atoms with Gasteiger partial charge in [-0.05, 0) is 25.7 Å². The van der Waals surface area contributed by atoms with Gasteiger partial charge in [-0.15, -0.1) is 0 Å².